The normalized spacial score (nSPS) is 14.4. The van der Waals surface area contributed by atoms with Gasteiger partial charge >= 0.3 is 6.03 Å². The number of carbonyl (C=O) groups is 1. The molecule has 2 aromatic carbocycles. The van der Waals surface area contributed by atoms with E-state index in [1.54, 1.807) is 20.1 Å². The Labute approximate surface area is 146 Å². The highest BCUT2D eigenvalue weighted by Crippen LogP contribution is 2.21. The van der Waals surface area contributed by atoms with Crippen molar-refractivity contribution in [3.63, 3.8) is 0 Å². The summed E-state index contributed by atoms with van der Waals surface area (Å²) in [6.07, 6.45) is -0.0796. The highest BCUT2D eigenvalue weighted by molar-refractivity contribution is 5.89. The molecule has 0 aromatic heterocycles. The number of ether oxygens (including phenoxy) is 1. The molecule has 0 aliphatic heterocycles. The molecule has 2 rings (SSSR count). The van der Waals surface area contributed by atoms with Crippen LogP contribution in [0, 0.1) is 5.82 Å². The lowest BCUT2D eigenvalue weighted by Gasteiger charge is -2.24. The van der Waals surface area contributed by atoms with Crippen LogP contribution in [-0.2, 0) is 10.3 Å². The number of benzene rings is 2. The maximum Gasteiger partial charge on any atom is 0.319 e. The number of amides is 2. The van der Waals surface area contributed by atoms with Crippen LogP contribution in [-0.4, -0.2) is 24.8 Å². The molecule has 2 atom stereocenters. The average molecular weight is 346 g/mol. The Bertz CT molecular complexity index is 717. The highest BCUT2D eigenvalue weighted by Gasteiger charge is 2.23. The molecular weight excluding hydrogens is 323 g/mol. The van der Waals surface area contributed by atoms with Crippen LogP contribution in [0.25, 0.3) is 0 Å². The lowest BCUT2D eigenvalue weighted by molar-refractivity contribution is 0.0599. The van der Waals surface area contributed by atoms with Gasteiger partial charge in [0.15, 0.2) is 0 Å². The zero-order valence-corrected chi connectivity index (χ0v) is 14.5. The van der Waals surface area contributed by atoms with E-state index in [1.165, 1.54) is 24.3 Å². The van der Waals surface area contributed by atoms with Crippen LogP contribution in [0.1, 0.15) is 31.1 Å². The molecule has 0 aliphatic rings. The van der Waals surface area contributed by atoms with E-state index in [2.05, 4.69) is 10.6 Å². The Kier molecular flexibility index (Phi) is 6.12. The molecule has 0 saturated heterocycles. The first-order chi connectivity index (χ1) is 11.8. The third-order valence-corrected chi connectivity index (χ3v) is 4.03. The Morgan fingerprint density at radius 2 is 1.96 bits per heavy atom. The second kappa shape index (κ2) is 8.09. The highest BCUT2D eigenvalue weighted by atomic mass is 19.1. The summed E-state index contributed by atoms with van der Waals surface area (Å²) in [5, 5.41) is 15.8. The fraction of sp³-hybridized carbons (Fsp3) is 0.316. The number of anilines is 1. The number of rotatable bonds is 6. The summed E-state index contributed by atoms with van der Waals surface area (Å²) in [6, 6.07) is 12.4. The van der Waals surface area contributed by atoms with Crippen LogP contribution >= 0.6 is 0 Å². The van der Waals surface area contributed by atoms with Crippen molar-refractivity contribution in [2.24, 2.45) is 0 Å². The van der Waals surface area contributed by atoms with Gasteiger partial charge in [0.1, 0.15) is 11.4 Å². The third-order valence-electron chi connectivity index (χ3n) is 4.03. The fourth-order valence-electron chi connectivity index (χ4n) is 2.34. The zero-order chi connectivity index (χ0) is 18.4. The standard InChI is InChI=1S/C19H23FN2O3/c1-13(25-3)14-5-4-6-17(11-14)22-18(23)21-12-19(2,24)15-7-9-16(20)10-8-15/h4-11,13,24H,12H2,1-3H3,(H2,21,22,23). The van der Waals surface area contributed by atoms with Crippen molar-refractivity contribution in [3.8, 4) is 0 Å². The molecule has 3 N–H and O–H groups in total. The van der Waals surface area contributed by atoms with Crippen LogP contribution in [0.4, 0.5) is 14.9 Å². The van der Waals surface area contributed by atoms with Gasteiger partial charge in [-0.25, -0.2) is 9.18 Å². The van der Waals surface area contributed by atoms with Gasteiger partial charge in [-0.1, -0.05) is 24.3 Å². The van der Waals surface area contributed by atoms with Crippen molar-refractivity contribution in [3.05, 3.63) is 65.5 Å². The zero-order valence-electron chi connectivity index (χ0n) is 14.5. The van der Waals surface area contributed by atoms with Crippen LogP contribution in [0.3, 0.4) is 0 Å². The smallest absolute Gasteiger partial charge is 0.319 e. The number of urea groups is 1. The summed E-state index contributed by atoms with van der Waals surface area (Å²) in [6.45, 7) is 3.46. The third kappa shape index (κ3) is 5.27. The molecule has 0 bridgehead atoms. The first-order valence-corrected chi connectivity index (χ1v) is 7.98. The predicted octanol–water partition coefficient (Wildman–Crippen LogP) is 3.56. The summed E-state index contributed by atoms with van der Waals surface area (Å²) < 4.78 is 18.2. The van der Waals surface area contributed by atoms with E-state index in [9.17, 15) is 14.3 Å². The Balaban J connectivity index is 1.95. The molecule has 2 unspecified atom stereocenters. The van der Waals surface area contributed by atoms with Gasteiger partial charge in [-0.05, 0) is 49.2 Å². The number of aliphatic hydroxyl groups is 1. The molecule has 2 amide bonds. The second-order valence-electron chi connectivity index (χ2n) is 6.09. The molecule has 6 heteroatoms. The van der Waals surface area contributed by atoms with E-state index >= 15 is 0 Å². The first-order valence-electron chi connectivity index (χ1n) is 7.98. The molecule has 0 aliphatic carbocycles. The van der Waals surface area contributed by atoms with E-state index in [1.807, 2.05) is 25.1 Å². The van der Waals surface area contributed by atoms with Gasteiger partial charge in [-0.3, -0.25) is 0 Å². The quantitative estimate of drug-likeness (QED) is 0.749. The monoisotopic (exact) mass is 346 g/mol. The van der Waals surface area contributed by atoms with Crippen LogP contribution in [0.2, 0.25) is 0 Å². The first kappa shape index (κ1) is 18.9. The van der Waals surface area contributed by atoms with Gasteiger partial charge in [-0.2, -0.15) is 0 Å². The summed E-state index contributed by atoms with van der Waals surface area (Å²) in [5.74, 6) is -0.379. The predicted molar refractivity (Wildman–Crippen MR) is 94.9 cm³/mol. The molecule has 0 radical (unpaired) electrons. The average Bonchev–Trinajstić information content (AvgIpc) is 2.60. The number of nitrogens with one attached hydrogen (secondary N) is 2. The topological polar surface area (TPSA) is 70.6 Å². The van der Waals surface area contributed by atoms with Crippen LogP contribution < -0.4 is 10.6 Å². The Morgan fingerprint density at radius 1 is 1.28 bits per heavy atom. The van der Waals surface area contributed by atoms with Crippen molar-refractivity contribution in [2.75, 3.05) is 19.0 Å². The van der Waals surface area contributed by atoms with Crippen molar-refractivity contribution >= 4 is 11.7 Å². The number of methoxy groups -OCH3 is 1. The molecule has 0 spiro atoms. The molecular formula is C19H23FN2O3. The molecule has 25 heavy (non-hydrogen) atoms. The number of halogens is 1. The van der Waals surface area contributed by atoms with Gasteiger partial charge in [0.05, 0.1) is 12.6 Å². The summed E-state index contributed by atoms with van der Waals surface area (Å²) in [7, 11) is 1.62. The van der Waals surface area contributed by atoms with E-state index < -0.39 is 11.6 Å². The van der Waals surface area contributed by atoms with Gasteiger partial charge < -0.3 is 20.5 Å². The largest absolute Gasteiger partial charge is 0.384 e. The van der Waals surface area contributed by atoms with Gasteiger partial charge in [0, 0.05) is 12.8 Å². The van der Waals surface area contributed by atoms with E-state index in [-0.39, 0.29) is 18.5 Å². The van der Waals surface area contributed by atoms with Crippen molar-refractivity contribution in [1.29, 1.82) is 0 Å². The van der Waals surface area contributed by atoms with Crippen molar-refractivity contribution < 1.29 is 19.0 Å². The maximum atomic E-state index is 13.0. The number of hydrogen-bond donors (Lipinski definition) is 3. The number of carbonyl (C=O) groups excluding carboxylic acids is 1. The van der Waals surface area contributed by atoms with E-state index in [0.29, 0.717) is 11.3 Å². The summed E-state index contributed by atoms with van der Waals surface area (Å²) >= 11 is 0. The van der Waals surface area contributed by atoms with Crippen LogP contribution in [0.15, 0.2) is 48.5 Å². The molecule has 0 saturated carbocycles. The summed E-state index contributed by atoms with van der Waals surface area (Å²) in [4.78, 5) is 12.1. The maximum absolute atomic E-state index is 13.0. The lowest BCUT2D eigenvalue weighted by Crippen LogP contribution is -2.40. The minimum Gasteiger partial charge on any atom is -0.384 e. The number of hydrogen-bond acceptors (Lipinski definition) is 3. The summed E-state index contributed by atoms with van der Waals surface area (Å²) in [5.41, 5.74) is 0.779. The minimum atomic E-state index is -1.31. The molecule has 5 nitrogen and oxygen atoms in total. The van der Waals surface area contributed by atoms with Gasteiger partial charge in [-0.15, -0.1) is 0 Å². The molecule has 0 fully saturated rings. The van der Waals surface area contributed by atoms with Crippen molar-refractivity contribution in [1.82, 2.24) is 5.32 Å². The lowest BCUT2D eigenvalue weighted by atomic mass is 9.96. The fourth-order valence-corrected chi connectivity index (χ4v) is 2.34. The Hall–Kier alpha value is -2.44. The van der Waals surface area contributed by atoms with Gasteiger partial charge in [0.2, 0.25) is 0 Å². The second-order valence-corrected chi connectivity index (χ2v) is 6.09. The van der Waals surface area contributed by atoms with E-state index in [4.69, 9.17) is 4.74 Å². The molecule has 2 aromatic rings. The minimum absolute atomic E-state index is 0.0152. The Morgan fingerprint density at radius 3 is 2.60 bits per heavy atom. The molecule has 0 heterocycles. The van der Waals surface area contributed by atoms with Gasteiger partial charge in [0.25, 0.3) is 0 Å². The van der Waals surface area contributed by atoms with Crippen LogP contribution in [0.5, 0.6) is 0 Å². The van der Waals surface area contributed by atoms with Crippen molar-refractivity contribution in [2.45, 2.75) is 25.6 Å². The SMILES string of the molecule is COC(C)c1cccc(NC(=O)NCC(C)(O)c2ccc(F)cc2)c1. The molecule has 134 valence electrons. The van der Waals surface area contributed by atoms with E-state index in [0.717, 1.165) is 5.56 Å².